The van der Waals surface area contributed by atoms with E-state index in [-0.39, 0.29) is 40.4 Å². The van der Waals surface area contributed by atoms with Crippen LogP contribution in [-0.4, -0.2) is 90.2 Å². The Kier molecular flexibility index (Phi) is 9.36. The van der Waals surface area contributed by atoms with Gasteiger partial charge in [-0.3, -0.25) is 14.4 Å². The molecule has 1 aromatic rings. The van der Waals surface area contributed by atoms with Crippen LogP contribution in [-0.2, 0) is 20.9 Å². The van der Waals surface area contributed by atoms with Crippen molar-refractivity contribution in [1.29, 1.82) is 0 Å². The van der Waals surface area contributed by atoms with Crippen LogP contribution in [0.5, 0.6) is 0 Å². The molecule has 1 saturated carbocycles. The summed E-state index contributed by atoms with van der Waals surface area (Å²) in [5, 5.41) is 10.1. The number of benzene rings is 1. The van der Waals surface area contributed by atoms with Gasteiger partial charge in [0.25, 0.3) is 0 Å². The monoisotopic (exact) mass is 643 g/mol. The molecule has 3 saturated heterocycles. The summed E-state index contributed by atoms with van der Waals surface area (Å²) < 4.78 is -0.739. The second-order valence-electron chi connectivity index (χ2n) is 12.0. The molecule has 0 aromatic heterocycles. The Morgan fingerprint density at radius 2 is 1.83 bits per heavy atom. The van der Waals surface area contributed by atoms with Gasteiger partial charge in [-0.15, -0.1) is 24.9 Å². The average Bonchev–Trinajstić information content (AvgIpc) is 3.58. The van der Waals surface area contributed by atoms with Crippen molar-refractivity contribution in [3.05, 3.63) is 61.2 Å². The van der Waals surface area contributed by atoms with Crippen molar-refractivity contribution in [2.45, 2.75) is 84.9 Å². The SMILES string of the molecule is C=CCN(Cc1ccccc1)C(=O)[C@H]1[C@@H]2SC3(CC2Br)C(C(=O)N(CC=C)C2CCCCC2)N([C@H](C)CO)C(=O)[C@H]13. The number of thioether (sulfide) groups is 1. The maximum absolute atomic E-state index is 14.7. The molecule has 4 aliphatic rings. The molecule has 7 atom stereocenters. The van der Waals surface area contributed by atoms with Crippen LogP contribution in [0.4, 0.5) is 0 Å². The molecule has 3 aliphatic heterocycles. The number of aliphatic hydroxyl groups excluding tert-OH is 1. The van der Waals surface area contributed by atoms with E-state index in [4.69, 9.17) is 0 Å². The Morgan fingerprint density at radius 3 is 2.46 bits per heavy atom. The van der Waals surface area contributed by atoms with Gasteiger partial charge in [0.2, 0.25) is 17.7 Å². The van der Waals surface area contributed by atoms with Crippen LogP contribution in [0.3, 0.4) is 0 Å². The topological polar surface area (TPSA) is 81.2 Å². The van der Waals surface area contributed by atoms with Gasteiger partial charge in [-0.2, -0.15) is 0 Å². The quantitative estimate of drug-likeness (QED) is 0.286. The van der Waals surface area contributed by atoms with Crippen LogP contribution >= 0.6 is 27.7 Å². The number of fused-ring (bicyclic) bond motifs is 1. The number of likely N-dealkylation sites (tertiary alicyclic amines) is 1. The lowest BCUT2D eigenvalue weighted by Gasteiger charge is -2.42. The van der Waals surface area contributed by atoms with Crippen LogP contribution in [0.1, 0.15) is 51.0 Å². The van der Waals surface area contributed by atoms with Crippen LogP contribution in [0.25, 0.3) is 0 Å². The highest BCUT2D eigenvalue weighted by Crippen LogP contribution is 2.68. The summed E-state index contributed by atoms with van der Waals surface area (Å²) in [7, 11) is 0. The molecule has 3 amide bonds. The number of halogens is 1. The lowest BCUT2D eigenvalue weighted by atomic mass is 9.70. The highest BCUT2D eigenvalue weighted by atomic mass is 79.9. The van der Waals surface area contributed by atoms with Crippen LogP contribution < -0.4 is 0 Å². The number of carbonyl (C=O) groups is 3. The minimum Gasteiger partial charge on any atom is -0.394 e. The number of aliphatic hydroxyl groups is 1. The maximum Gasteiger partial charge on any atom is 0.247 e. The van der Waals surface area contributed by atoms with Gasteiger partial charge in [0.1, 0.15) is 6.04 Å². The van der Waals surface area contributed by atoms with Crippen molar-refractivity contribution in [3.8, 4) is 0 Å². The third-order valence-electron chi connectivity index (χ3n) is 9.49. The number of hydrogen-bond acceptors (Lipinski definition) is 5. The van der Waals surface area contributed by atoms with E-state index in [1.165, 1.54) is 6.42 Å². The van der Waals surface area contributed by atoms with Crippen molar-refractivity contribution in [2.24, 2.45) is 11.8 Å². The normalized spacial score (nSPS) is 31.5. The number of rotatable bonds is 11. The van der Waals surface area contributed by atoms with E-state index < -0.39 is 28.7 Å². The largest absolute Gasteiger partial charge is 0.394 e. The third-order valence-corrected chi connectivity index (χ3v) is 12.7. The molecule has 4 fully saturated rings. The Bertz CT molecular complexity index is 1160. The van der Waals surface area contributed by atoms with Crippen molar-refractivity contribution in [3.63, 3.8) is 0 Å². The van der Waals surface area contributed by atoms with Crippen LogP contribution in [0.2, 0.25) is 0 Å². The first kappa shape index (κ1) is 30.4. The second kappa shape index (κ2) is 12.6. The summed E-state index contributed by atoms with van der Waals surface area (Å²) in [6.07, 6.45) is 9.34. The summed E-state index contributed by atoms with van der Waals surface area (Å²) in [6.45, 7) is 10.6. The molecule has 1 spiro atoms. The Hall–Kier alpha value is -2.10. The molecule has 1 aromatic carbocycles. The molecule has 0 radical (unpaired) electrons. The van der Waals surface area contributed by atoms with Gasteiger partial charge >= 0.3 is 0 Å². The zero-order valence-corrected chi connectivity index (χ0v) is 26.3. The molecule has 7 nitrogen and oxygen atoms in total. The number of nitrogens with zero attached hydrogens (tertiary/aromatic N) is 3. The zero-order chi connectivity index (χ0) is 29.3. The number of hydrogen-bond donors (Lipinski definition) is 1. The molecule has 2 bridgehead atoms. The van der Waals surface area contributed by atoms with Gasteiger partial charge in [0, 0.05) is 35.8 Å². The van der Waals surface area contributed by atoms with Gasteiger partial charge in [-0.25, -0.2) is 0 Å². The fourth-order valence-corrected chi connectivity index (χ4v) is 11.3. The Labute approximate surface area is 256 Å². The van der Waals surface area contributed by atoms with Crippen molar-refractivity contribution in [2.75, 3.05) is 19.7 Å². The molecular formula is C32H42BrN3O4S. The van der Waals surface area contributed by atoms with E-state index in [2.05, 4.69) is 29.1 Å². The van der Waals surface area contributed by atoms with Crippen LogP contribution in [0.15, 0.2) is 55.6 Å². The average molecular weight is 645 g/mol. The van der Waals surface area contributed by atoms with Crippen LogP contribution in [0, 0.1) is 11.8 Å². The van der Waals surface area contributed by atoms with E-state index in [1.807, 2.05) is 35.2 Å². The van der Waals surface area contributed by atoms with Gasteiger partial charge < -0.3 is 19.8 Å². The van der Waals surface area contributed by atoms with Crippen molar-refractivity contribution < 1.29 is 19.5 Å². The summed E-state index contributed by atoms with van der Waals surface area (Å²) >= 11 is 5.53. The summed E-state index contributed by atoms with van der Waals surface area (Å²) in [4.78, 5) is 48.8. The molecule has 5 rings (SSSR count). The molecule has 41 heavy (non-hydrogen) atoms. The highest BCUT2D eigenvalue weighted by molar-refractivity contribution is 9.09. The standard InChI is InChI=1S/C32H42BrN3O4S/c1-4-16-34(19-22-12-8-6-9-13-22)29(38)25-26-30(39)36(21(3)20-37)28(32(26)18-24(33)27(25)41-32)31(40)35(17-5-2)23-14-10-7-11-15-23/h4-6,8-9,12-13,21,23-28,37H,1-2,7,10-11,14-20H2,3H3/t21-,24?,25-,26+,27-,28?,32?/m1/s1. The molecule has 1 aliphatic carbocycles. The second-order valence-corrected chi connectivity index (χ2v) is 14.7. The van der Waals surface area contributed by atoms with E-state index in [9.17, 15) is 19.5 Å². The fraction of sp³-hybridized carbons (Fsp3) is 0.594. The molecule has 3 heterocycles. The minimum absolute atomic E-state index is 0.00461. The zero-order valence-electron chi connectivity index (χ0n) is 23.9. The van der Waals surface area contributed by atoms with E-state index in [1.54, 1.807) is 40.6 Å². The fourth-order valence-electron chi connectivity index (χ4n) is 7.70. The smallest absolute Gasteiger partial charge is 0.247 e. The first-order valence-electron chi connectivity index (χ1n) is 14.9. The van der Waals surface area contributed by atoms with Gasteiger partial charge in [-0.05, 0) is 31.7 Å². The number of amides is 3. The predicted molar refractivity (Wildman–Crippen MR) is 166 cm³/mol. The molecular weight excluding hydrogens is 602 g/mol. The molecule has 9 heteroatoms. The molecule has 3 unspecified atom stereocenters. The Balaban J connectivity index is 1.53. The third kappa shape index (κ3) is 5.31. The predicted octanol–water partition coefficient (Wildman–Crippen LogP) is 4.39. The Morgan fingerprint density at radius 1 is 1.15 bits per heavy atom. The molecule has 222 valence electrons. The first-order valence-corrected chi connectivity index (χ1v) is 16.7. The summed E-state index contributed by atoms with van der Waals surface area (Å²) in [5.41, 5.74) is 1.01. The van der Waals surface area contributed by atoms with Crippen molar-refractivity contribution in [1.82, 2.24) is 14.7 Å². The van der Waals surface area contributed by atoms with Gasteiger partial charge in [-0.1, -0.05) is 77.7 Å². The summed E-state index contributed by atoms with van der Waals surface area (Å²) in [6, 6.07) is 8.68. The van der Waals surface area contributed by atoms with Gasteiger partial charge in [0.15, 0.2) is 0 Å². The number of carbonyl (C=O) groups excluding carboxylic acids is 3. The van der Waals surface area contributed by atoms with E-state index in [0.717, 1.165) is 31.2 Å². The van der Waals surface area contributed by atoms with E-state index in [0.29, 0.717) is 26.1 Å². The van der Waals surface area contributed by atoms with Gasteiger partial charge in [0.05, 0.1) is 29.2 Å². The summed E-state index contributed by atoms with van der Waals surface area (Å²) in [5.74, 6) is -1.51. The van der Waals surface area contributed by atoms with E-state index >= 15 is 0 Å². The van der Waals surface area contributed by atoms with Crippen molar-refractivity contribution >= 4 is 45.4 Å². The number of alkyl halides is 1. The lowest BCUT2D eigenvalue weighted by molar-refractivity contribution is -0.147. The first-order chi connectivity index (χ1) is 19.8. The minimum atomic E-state index is -0.739. The lowest BCUT2D eigenvalue weighted by Crippen LogP contribution is -2.59. The molecule has 1 N–H and O–H groups in total. The highest BCUT2D eigenvalue weighted by Gasteiger charge is 2.76. The maximum atomic E-state index is 14.7.